The minimum Gasteiger partial charge on any atom is -0.412 e. The van der Waals surface area contributed by atoms with Crippen molar-refractivity contribution in [2.45, 2.75) is 90.1 Å². The van der Waals surface area contributed by atoms with Crippen LogP contribution in [0.2, 0.25) is 0 Å². The Kier molecular flexibility index (Phi) is 23.6. The lowest BCUT2D eigenvalue weighted by atomic mass is 9.87. The molecule has 6 aromatic rings. The Balaban J connectivity index is 0.000000263. The molecule has 2 unspecified atom stereocenters. The smallest absolute Gasteiger partial charge is 0.238 e. The van der Waals surface area contributed by atoms with E-state index in [2.05, 4.69) is 30.4 Å². The van der Waals surface area contributed by atoms with Crippen molar-refractivity contribution in [3.05, 3.63) is 177 Å². The number of piperazine rings is 2. The number of rotatable bonds is 22. The van der Waals surface area contributed by atoms with E-state index in [0.29, 0.717) is 86.8 Å². The number of aromatic nitrogens is 2. The molecule has 12 N–H and O–H groups in total. The second kappa shape index (κ2) is 30.5. The van der Waals surface area contributed by atoms with Gasteiger partial charge in [-0.3, -0.25) is 38.8 Å². The van der Waals surface area contributed by atoms with Crippen LogP contribution in [-0.4, -0.2) is 136 Å². The van der Waals surface area contributed by atoms with Crippen LogP contribution in [-0.2, 0) is 19.2 Å². The van der Waals surface area contributed by atoms with E-state index in [1.165, 1.54) is 48.5 Å². The molecule has 4 amide bonds. The number of nitrogens with zero attached hydrogens (tertiary/aromatic N) is 6. The van der Waals surface area contributed by atoms with Crippen LogP contribution in [0.3, 0.4) is 0 Å². The number of nitrogens with one attached hydrogen (secondary N) is 2. The van der Waals surface area contributed by atoms with Crippen molar-refractivity contribution in [1.82, 2.24) is 29.6 Å². The standard InChI is InChI=1S/2C31H38F2N6O2.H2O/c2*1-20-17-28(34)36-21(2)30(20)37-29(40)19-38-15-16-39(27(18-38)31(35)41)14-4-3-5-26(22-6-10-24(32)11-7-22)23-8-12-25(33)13-9-23;/h2*6-13,17,26-27H,3-5,14-16,18-19H2,1-2H3,(H2,34,36)(H2,35,41)(H,37,40);1H2. The number of unbranched alkanes of at least 4 members (excludes halogenated alkanes) is 2. The van der Waals surface area contributed by atoms with Gasteiger partial charge in [-0.1, -0.05) is 61.4 Å². The molecule has 83 heavy (non-hydrogen) atoms. The maximum absolute atomic E-state index is 13.5. The summed E-state index contributed by atoms with van der Waals surface area (Å²) < 4.78 is 54.1. The normalized spacial score (nSPS) is 16.0. The van der Waals surface area contributed by atoms with Crippen LogP contribution in [0, 0.1) is 51.0 Å². The first-order chi connectivity index (χ1) is 39.2. The van der Waals surface area contributed by atoms with Gasteiger partial charge in [0.25, 0.3) is 0 Å². The second-order valence-corrected chi connectivity index (χ2v) is 21.4. The number of primary amides is 2. The molecule has 0 radical (unpaired) electrons. The molecule has 4 heterocycles. The molecule has 0 bridgehead atoms. The van der Waals surface area contributed by atoms with Crippen LogP contribution in [0.15, 0.2) is 109 Å². The molecule has 8 rings (SSSR count). The van der Waals surface area contributed by atoms with Gasteiger partial charge >= 0.3 is 0 Å². The van der Waals surface area contributed by atoms with Gasteiger partial charge in [0.05, 0.1) is 35.9 Å². The van der Waals surface area contributed by atoms with E-state index in [4.69, 9.17) is 22.9 Å². The number of hydrogen-bond acceptors (Lipinski definition) is 12. The van der Waals surface area contributed by atoms with Crippen molar-refractivity contribution in [2.75, 3.05) is 87.5 Å². The Labute approximate surface area is 483 Å². The second-order valence-electron chi connectivity index (χ2n) is 21.4. The average Bonchev–Trinajstić information content (AvgIpc) is 3.43. The summed E-state index contributed by atoms with van der Waals surface area (Å²) >= 11 is 0. The fourth-order valence-electron chi connectivity index (χ4n) is 11.1. The maximum atomic E-state index is 13.5. The van der Waals surface area contributed by atoms with Gasteiger partial charge in [-0.2, -0.15) is 0 Å². The van der Waals surface area contributed by atoms with Crippen molar-refractivity contribution in [3.63, 3.8) is 0 Å². The molecule has 0 spiro atoms. The SMILES string of the molecule is Cc1cc(N)nc(C)c1NC(=O)CN1CCN(CCCCC(c2ccc(F)cc2)c2ccc(F)cc2)C(C(N)=O)C1.Cc1cc(N)nc(C)c1NC(=O)CN1CCN(CCCCC(c2ccc(F)cc2)c2ccc(F)cc2)C(C(N)=O)C1.O. The third-order valence-corrected chi connectivity index (χ3v) is 15.4. The van der Waals surface area contributed by atoms with Gasteiger partial charge in [-0.15, -0.1) is 0 Å². The number of hydrogen-bond donors (Lipinski definition) is 6. The number of anilines is 4. The van der Waals surface area contributed by atoms with E-state index >= 15 is 0 Å². The van der Waals surface area contributed by atoms with Gasteiger partial charge in [0.15, 0.2) is 0 Å². The first-order valence-electron chi connectivity index (χ1n) is 27.8. The van der Waals surface area contributed by atoms with Gasteiger partial charge in [0, 0.05) is 51.1 Å². The monoisotopic (exact) mass is 1150 g/mol. The van der Waals surface area contributed by atoms with Gasteiger partial charge in [0.1, 0.15) is 47.0 Å². The number of nitrogens with two attached hydrogens (primary N) is 4. The lowest BCUT2D eigenvalue weighted by Gasteiger charge is -2.39. The van der Waals surface area contributed by atoms with Crippen LogP contribution in [0.1, 0.15) is 95.1 Å². The topological polar surface area (TPSA) is 267 Å². The molecule has 0 saturated carbocycles. The molecular formula is C62H78F4N12O5. The highest BCUT2D eigenvalue weighted by Gasteiger charge is 2.33. The van der Waals surface area contributed by atoms with E-state index in [-0.39, 0.29) is 65.5 Å². The summed E-state index contributed by atoms with van der Waals surface area (Å²) in [6.45, 7) is 12.2. The zero-order valence-electron chi connectivity index (χ0n) is 47.7. The van der Waals surface area contributed by atoms with E-state index in [9.17, 15) is 36.7 Å². The molecule has 21 heteroatoms. The summed E-state index contributed by atoms with van der Waals surface area (Å²) in [5.41, 5.74) is 31.3. The van der Waals surface area contributed by atoms with Crippen molar-refractivity contribution in [3.8, 4) is 0 Å². The number of pyridine rings is 2. The summed E-state index contributed by atoms with van der Waals surface area (Å²) in [5, 5.41) is 5.85. The van der Waals surface area contributed by atoms with Crippen LogP contribution < -0.4 is 33.6 Å². The Morgan fingerprint density at radius 1 is 0.506 bits per heavy atom. The Morgan fingerprint density at radius 3 is 1.08 bits per heavy atom. The predicted molar refractivity (Wildman–Crippen MR) is 316 cm³/mol. The fraction of sp³-hybridized carbons (Fsp3) is 0.387. The highest BCUT2D eigenvalue weighted by atomic mass is 19.1. The Morgan fingerprint density at radius 2 is 0.807 bits per heavy atom. The van der Waals surface area contributed by atoms with Crippen molar-refractivity contribution >= 4 is 46.6 Å². The molecule has 2 atom stereocenters. The number of carbonyl (C=O) groups is 4. The zero-order chi connectivity index (χ0) is 59.0. The number of carbonyl (C=O) groups excluding carboxylic acids is 4. The number of benzene rings is 4. The lowest BCUT2D eigenvalue weighted by Crippen LogP contribution is -2.59. The highest BCUT2D eigenvalue weighted by Crippen LogP contribution is 2.33. The number of amides is 4. The Bertz CT molecular complexity index is 2780. The quantitative estimate of drug-likeness (QED) is 0.0293. The summed E-state index contributed by atoms with van der Waals surface area (Å²) in [6.07, 6.45) is 4.93. The molecule has 2 saturated heterocycles. The highest BCUT2D eigenvalue weighted by molar-refractivity contribution is 5.94. The average molecular weight is 1150 g/mol. The van der Waals surface area contributed by atoms with Crippen LogP contribution in [0.5, 0.6) is 0 Å². The third-order valence-electron chi connectivity index (χ3n) is 15.4. The summed E-state index contributed by atoms with van der Waals surface area (Å²) in [5.74, 6) is -1.59. The molecule has 0 aliphatic carbocycles. The number of aryl methyl sites for hydroxylation is 4. The van der Waals surface area contributed by atoms with Gasteiger partial charge in [-0.25, -0.2) is 27.5 Å². The zero-order valence-corrected chi connectivity index (χ0v) is 47.7. The van der Waals surface area contributed by atoms with E-state index in [1.807, 2.05) is 23.6 Å². The number of halogens is 4. The van der Waals surface area contributed by atoms with Crippen LogP contribution in [0.25, 0.3) is 0 Å². The molecule has 2 aromatic heterocycles. The van der Waals surface area contributed by atoms with Crippen molar-refractivity contribution < 1.29 is 42.2 Å². The van der Waals surface area contributed by atoms with E-state index in [0.717, 1.165) is 71.9 Å². The van der Waals surface area contributed by atoms with Crippen molar-refractivity contribution in [2.24, 2.45) is 11.5 Å². The van der Waals surface area contributed by atoms with Crippen LogP contribution >= 0.6 is 0 Å². The largest absolute Gasteiger partial charge is 0.412 e. The van der Waals surface area contributed by atoms with Gasteiger partial charge in [-0.05, 0) is 161 Å². The summed E-state index contributed by atoms with van der Waals surface area (Å²) in [4.78, 5) is 66.8. The first kappa shape index (κ1) is 64.3. The van der Waals surface area contributed by atoms with E-state index < -0.39 is 23.9 Å². The number of nitrogen functional groups attached to an aromatic ring is 2. The van der Waals surface area contributed by atoms with Crippen molar-refractivity contribution in [1.29, 1.82) is 0 Å². The molecule has 2 fully saturated rings. The molecule has 2 aliphatic heterocycles. The van der Waals surface area contributed by atoms with Gasteiger partial charge < -0.3 is 39.0 Å². The molecule has 17 nitrogen and oxygen atoms in total. The summed E-state index contributed by atoms with van der Waals surface area (Å²) in [6, 6.07) is 28.2. The van der Waals surface area contributed by atoms with Crippen LogP contribution in [0.4, 0.5) is 40.6 Å². The fourth-order valence-corrected chi connectivity index (χ4v) is 11.1. The first-order valence-corrected chi connectivity index (χ1v) is 27.8. The molecule has 4 aromatic carbocycles. The minimum atomic E-state index is -0.497. The lowest BCUT2D eigenvalue weighted by molar-refractivity contribution is -0.127. The molecular weight excluding hydrogens is 1070 g/mol. The summed E-state index contributed by atoms with van der Waals surface area (Å²) in [7, 11) is 0. The van der Waals surface area contributed by atoms with Gasteiger partial charge in [0.2, 0.25) is 23.6 Å². The minimum absolute atomic E-state index is 0. The molecule has 444 valence electrons. The van der Waals surface area contributed by atoms with E-state index in [1.54, 1.807) is 74.5 Å². The maximum Gasteiger partial charge on any atom is 0.238 e. The predicted octanol–water partition coefficient (Wildman–Crippen LogP) is 7.12. The Hall–Kier alpha value is -7.82. The third kappa shape index (κ3) is 18.6. The molecule has 2 aliphatic rings.